The zero-order valence-electron chi connectivity index (χ0n) is 14.2. The average Bonchev–Trinajstić information content (AvgIpc) is 3.09. The van der Waals surface area contributed by atoms with Gasteiger partial charge in [-0.1, -0.05) is 0 Å². The van der Waals surface area contributed by atoms with Gasteiger partial charge in [-0.15, -0.1) is 0 Å². The second kappa shape index (κ2) is 6.74. The van der Waals surface area contributed by atoms with Crippen molar-refractivity contribution in [3.63, 3.8) is 0 Å². The van der Waals surface area contributed by atoms with Crippen molar-refractivity contribution in [2.75, 3.05) is 7.11 Å². The maximum Gasteiger partial charge on any atom is 0.374 e. The van der Waals surface area contributed by atoms with Gasteiger partial charge in [0.05, 0.1) is 18.4 Å². The van der Waals surface area contributed by atoms with Gasteiger partial charge in [0, 0.05) is 5.69 Å². The van der Waals surface area contributed by atoms with E-state index in [2.05, 4.69) is 4.98 Å². The van der Waals surface area contributed by atoms with E-state index < -0.39 is 23.8 Å². The Hall–Kier alpha value is -2.83. The molecule has 128 valence electrons. The molecule has 0 saturated carbocycles. The number of aryl methyl sites for hydroxylation is 2. The first-order chi connectivity index (χ1) is 11.3. The summed E-state index contributed by atoms with van der Waals surface area (Å²) in [5, 5.41) is 0. The highest BCUT2D eigenvalue weighted by Gasteiger charge is 2.28. The summed E-state index contributed by atoms with van der Waals surface area (Å²) in [5.74, 6) is -1.10. The van der Waals surface area contributed by atoms with Gasteiger partial charge in [-0.2, -0.15) is 0 Å². The highest BCUT2D eigenvalue weighted by molar-refractivity contribution is 6.04. The molecular formula is C17H19NO6. The number of carbonyl (C=O) groups is 3. The van der Waals surface area contributed by atoms with Crippen molar-refractivity contribution in [2.24, 2.45) is 0 Å². The maximum absolute atomic E-state index is 12.5. The number of ketones is 1. The summed E-state index contributed by atoms with van der Waals surface area (Å²) in [7, 11) is 1.27. The van der Waals surface area contributed by atoms with Crippen molar-refractivity contribution < 1.29 is 28.3 Å². The third-order valence-corrected chi connectivity index (χ3v) is 3.67. The molecule has 0 bridgehead atoms. The van der Waals surface area contributed by atoms with E-state index in [1.807, 2.05) is 0 Å². The second-order valence-corrected chi connectivity index (χ2v) is 5.44. The van der Waals surface area contributed by atoms with Crippen LogP contribution in [0.25, 0.3) is 0 Å². The summed E-state index contributed by atoms with van der Waals surface area (Å²) in [6.07, 6.45) is -1.04. The zero-order valence-corrected chi connectivity index (χ0v) is 14.2. The predicted octanol–water partition coefficient (Wildman–Crippen LogP) is 2.75. The second-order valence-electron chi connectivity index (χ2n) is 5.44. The Morgan fingerprint density at radius 1 is 1.12 bits per heavy atom. The molecule has 2 rings (SSSR count). The van der Waals surface area contributed by atoms with Gasteiger partial charge in [-0.25, -0.2) is 9.59 Å². The number of aromatic nitrogens is 1. The third-order valence-electron chi connectivity index (χ3n) is 3.67. The van der Waals surface area contributed by atoms with Crippen molar-refractivity contribution in [1.29, 1.82) is 0 Å². The Labute approximate surface area is 138 Å². The zero-order chi connectivity index (χ0) is 18.0. The Balaban J connectivity index is 2.19. The van der Waals surface area contributed by atoms with Gasteiger partial charge in [-0.05, 0) is 45.4 Å². The quantitative estimate of drug-likeness (QED) is 0.667. The lowest BCUT2D eigenvalue weighted by Crippen LogP contribution is -2.25. The van der Waals surface area contributed by atoms with Crippen LogP contribution in [0, 0.1) is 20.8 Å². The van der Waals surface area contributed by atoms with Gasteiger partial charge in [0.1, 0.15) is 5.76 Å². The third kappa shape index (κ3) is 3.24. The summed E-state index contributed by atoms with van der Waals surface area (Å²) in [6, 6.07) is 3.11. The Morgan fingerprint density at radius 3 is 2.33 bits per heavy atom. The smallest absolute Gasteiger partial charge is 0.374 e. The van der Waals surface area contributed by atoms with E-state index in [4.69, 9.17) is 13.9 Å². The topological polar surface area (TPSA) is 98.6 Å². The molecule has 0 radical (unpaired) electrons. The summed E-state index contributed by atoms with van der Waals surface area (Å²) < 4.78 is 15.0. The van der Waals surface area contributed by atoms with Gasteiger partial charge in [0.25, 0.3) is 0 Å². The number of nitrogens with one attached hydrogen (secondary N) is 1. The molecule has 0 unspecified atom stereocenters. The van der Waals surface area contributed by atoms with E-state index in [0.717, 1.165) is 0 Å². The van der Waals surface area contributed by atoms with E-state index in [1.165, 1.54) is 20.1 Å². The number of ether oxygens (including phenoxy) is 2. The SMILES string of the molecule is COC(=O)c1c(C)[nH]c(C(=O)[C@H](C)OC(=O)c2ccc(C)o2)c1C. The number of rotatable bonds is 5. The Bertz CT molecular complexity index is 798. The molecule has 0 saturated heterocycles. The first-order valence-corrected chi connectivity index (χ1v) is 7.35. The monoisotopic (exact) mass is 333 g/mol. The Morgan fingerprint density at radius 2 is 1.79 bits per heavy atom. The largest absolute Gasteiger partial charge is 0.465 e. The summed E-state index contributed by atoms with van der Waals surface area (Å²) in [6.45, 7) is 6.46. The standard InChI is InChI=1S/C17H19NO6/c1-8-6-7-12(23-8)16(20)24-11(4)15(19)14-9(2)13(10(3)18-14)17(21)22-5/h6-7,11,18H,1-5H3/t11-/m0/s1. The van der Waals surface area contributed by atoms with Crippen molar-refractivity contribution in [3.05, 3.63) is 46.2 Å². The molecule has 7 nitrogen and oxygen atoms in total. The number of carbonyl (C=O) groups excluding carboxylic acids is 3. The molecule has 1 N–H and O–H groups in total. The minimum atomic E-state index is -1.04. The summed E-state index contributed by atoms with van der Waals surface area (Å²) in [5.41, 5.74) is 1.49. The van der Waals surface area contributed by atoms with Gasteiger partial charge in [0.2, 0.25) is 11.5 Å². The number of hydrogen-bond donors (Lipinski definition) is 1. The number of esters is 2. The molecule has 2 heterocycles. The summed E-state index contributed by atoms with van der Waals surface area (Å²) >= 11 is 0. The molecule has 7 heteroatoms. The molecule has 24 heavy (non-hydrogen) atoms. The molecule has 0 aliphatic carbocycles. The number of Topliss-reactive ketones (excluding diaryl/α,β-unsaturated/α-hetero) is 1. The number of furan rings is 1. The fourth-order valence-electron chi connectivity index (χ4n) is 2.42. The molecule has 1 atom stereocenters. The molecule has 2 aromatic heterocycles. The number of hydrogen-bond acceptors (Lipinski definition) is 6. The van der Waals surface area contributed by atoms with Crippen LogP contribution in [0.1, 0.15) is 55.3 Å². The van der Waals surface area contributed by atoms with Crippen LogP contribution in [0.15, 0.2) is 16.5 Å². The first kappa shape index (κ1) is 17.5. The van der Waals surface area contributed by atoms with Crippen LogP contribution in [0.5, 0.6) is 0 Å². The number of aromatic amines is 1. The molecule has 0 aliphatic rings. The van der Waals surface area contributed by atoms with Crippen LogP contribution in [-0.4, -0.2) is 35.9 Å². The van der Waals surface area contributed by atoms with Gasteiger partial charge in [0.15, 0.2) is 6.10 Å². The first-order valence-electron chi connectivity index (χ1n) is 7.35. The minimum Gasteiger partial charge on any atom is -0.465 e. The lowest BCUT2D eigenvalue weighted by atomic mass is 10.1. The molecule has 0 aliphatic heterocycles. The van der Waals surface area contributed by atoms with Crippen LogP contribution < -0.4 is 0 Å². The van der Waals surface area contributed by atoms with Gasteiger partial charge >= 0.3 is 11.9 Å². The van der Waals surface area contributed by atoms with Crippen LogP contribution >= 0.6 is 0 Å². The van der Waals surface area contributed by atoms with E-state index >= 15 is 0 Å². The van der Waals surface area contributed by atoms with Crippen molar-refractivity contribution in [1.82, 2.24) is 4.98 Å². The van der Waals surface area contributed by atoms with Crippen molar-refractivity contribution in [2.45, 2.75) is 33.8 Å². The normalized spacial score (nSPS) is 11.9. The number of H-pyrrole nitrogens is 1. The van der Waals surface area contributed by atoms with Gasteiger partial charge in [-0.3, -0.25) is 4.79 Å². The highest BCUT2D eigenvalue weighted by Crippen LogP contribution is 2.21. The van der Waals surface area contributed by atoms with Crippen molar-refractivity contribution in [3.8, 4) is 0 Å². The van der Waals surface area contributed by atoms with E-state index in [0.29, 0.717) is 22.6 Å². The van der Waals surface area contributed by atoms with E-state index in [1.54, 1.807) is 26.8 Å². The minimum absolute atomic E-state index is 0.0294. The molecule has 0 fully saturated rings. The number of methoxy groups -OCH3 is 1. The maximum atomic E-state index is 12.5. The van der Waals surface area contributed by atoms with E-state index in [9.17, 15) is 14.4 Å². The Kier molecular flexibility index (Phi) is 4.92. The fraction of sp³-hybridized carbons (Fsp3) is 0.353. The molecule has 0 amide bonds. The van der Waals surface area contributed by atoms with Gasteiger partial charge < -0.3 is 18.9 Å². The molecule has 0 spiro atoms. The molecule has 2 aromatic rings. The van der Waals surface area contributed by atoms with Crippen molar-refractivity contribution >= 4 is 17.7 Å². The average molecular weight is 333 g/mol. The summed E-state index contributed by atoms with van der Waals surface area (Å²) in [4.78, 5) is 39.1. The van der Waals surface area contributed by atoms with E-state index in [-0.39, 0.29) is 11.5 Å². The molecule has 0 aromatic carbocycles. The van der Waals surface area contributed by atoms with Crippen LogP contribution in [0.4, 0.5) is 0 Å². The van der Waals surface area contributed by atoms with Crippen LogP contribution in [0.2, 0.25) is 0 Å². The predicted molar refractivity (Wildman–Crippen MR) is 84.3 cm³/mol. The lowest BCUT2D eigenvalue weighted by Gasteiger charge is -2.11. The fourth-order valence-corrected chi connectivity index (χ4v) is 2.42. The molecular weight excluding hydrogens is 314 g/mol. The van der Waals surface area contributed by atoms with Crippen LogP contribution in [0.3, 0.4) is 0 Å². The lowest BCUT2D eigenvalue weighted by molar-refractivity contribution is 0.0286. The highest BCUT2D eigenvalue weighted by atomic mass is 16.6. The van der Waals surface area contributed by atoms with Crippen LogP contribution in [-0.2, 0) is 9.47 Å².